The maximum absolute atomic E-state index is 12.1. The highest BCUT2D eigenvalue weighted by molar-refractivity contribution is 7.89. The highest BCUT2D eigenvalue weighted by Crippen LogP contribution is 2.23. The molecule has 8 heteroatoms. The minimum atomic E-state index is -3.49. The van der Waals surface area contributed by atoms with E-state index in [1.165, 1.54) is 7.05 Å². The molecular weight excluding hydrogens is 374 g/mol. The monoisotopic (exact) mass is 397 g/mol. The number of sulfonamides is 1. The molecule has 0 bridgehead atoms. The van der Waals surface area contributed by atoms with Crippen LogP contribution in [0.15, 0.2) is 59.6 Å². The normalized spacial score (nSPS) is 12.5. The molecule has 2 N–H and O–H groups in total. The Morgan fingerprint density at radius 2 is 1.89 bits per heavy atom. The van der Waals surface area contributed by atoms with Crippen molar-refractivity contribution in [2.45, 2.75) is 31.2 Å². The number of aromatic nitrogens is 3. The van der Waals surface area contributed by atoms with E-state index in [9.17, 15) is 8.42 Å². The maximum atomic E-state index is 12.1. The van der Waals surface area contributed by atoms with Crippen LogP contribution in [0.25, 0.3) is 11.5 Å². The SMILES string of the molecule is CCc1cc(NC(C)c2cccc(S(=O)(=O)NC)c2)nc(-c2ccccn2)n1. The first kappa shape index (κ1) is 19.9. The van der Waals surface area contributed by atoms with Gasteiger partial charge in [-0.05, 0) is 50.2 Å². The summed E-state index contributed by atoms with van der Waals surface area (Å²) in [5.74, 6) is 1.23. The first-order chi connectivity index (χ1) is 13.4. The van der Waals surface area contributed by atoms with Gasteiger partial charge in [-0.1, -0.05) is 25.1 Å². The van der Waals surface area contributed by atoms with Gasteiger partial charge in [0.05, 0.1) is 4.90 Å². The summed E-state index contributed by atoms with van der Waals surface area (Å²) >= 11 is 0. The average molecular weight is 398 g/mol. The Balaban J connectivity index is 1.90. The Morgan fingerprint density at radius 3 is 2.57 bits per heavy atom. The van der Waals surface area contributed by atoms with Crippen LogP contribution in [0.5, 0.6) is 0 Å². The van der Waals surface area contributed by atoms with Crippen molar-refractivity contribution in [1.82, 2.24) is 19.7 Å². The lowest BCUT2D eigenvalue weighted by atomic mass is 10.1. The van der Waals surface area contributed by atoms with E-state index in [2.05, 4.69) is 25.0 Å². The topological polar surface area (TPSA) is 96.9 Å². The summed E-state index contributed by atoms with van der Waals surface area (Å²) in [5, 5.41) is 3.35. The molecule has 0 saturated carbocycles. The Labute approximate surface area is 165 Å². The first-order valence-corrected chi connectivity index (χ1v) is 10.5. The summed E-state index contributed by atoms with van der Waals surface area (Å²) in [7, 11) is -2.09. The summed E-state index contributed by atoms with van der Waals surface area (Å²) in [4.78, 5) is 13.7. The Kier molecular flexibility index (Phi) is 6.01. The van der Waals surface area contributed by atoms with Gasteiger partial charge in [-0.25, -0.2) is 23.1 Å². The van der Waals surface area contributed by atoms with Crippen LogP contribution >= 0.6 is 0 Å². The van der Waals surface area contributed by atoms with Gasteiger partial charge in [0.2, 0.25) is 10.0 Å². The molecule has 0 aliphatic heterocycles. The van der Waals surface area contributed by atoms with Crippen LogP contribution in [-0.4, -0.2) is 30.4 Å². The average Bonchev–Trinajstić information content (AvgIpc) is 2.74. The molecule has 1 atom stereocenters. The fourth-order valence-corrected chi connectivity index (χ4v) is 3.52. The molecule has 1 unspecified atom stereocenters. The molecule has 0 amide bonds. The van der Waals surface area contributed by atoms with E-state index in [1.807, 2.05) is 44.2 Å². The molecular formula is C20H23N5O2S. The zero-order chi connectivity index (χ0) is 20.1. The Morgan fingerprint density at radius 1 is 1.07 bits per heavy atom. The fraction of sp³-hybridized carbons (Fsp3) is 0.250. The largest absolute Gasteiger partial charge is 0.363 e. The van der Waals surface area contributed by atoms with Crippen molar-refractivity contribution in [3.8, 4) is 11.5 Å². The van der Waals surface area contributed by atoms with Gasteiger partial charge in [0.25, 0.3) is 0 Å². The second-order valence-electron chi connectivity index (χ2n) is 6.28. The minimum absolute atomic E-state index is 0.150. The number of rotatable bonds is 7. The van der Waals surface area contributed by atoms with Crippen LogP contribution in [-0.2, 0) is 16.4 Å². The van der Waals surface area contributed by atoms with Gasteiger partial charge < -0.3 is 5.32 Å². The van der Waals surface area contributed by atoms with Crippen LogP contribution in [0.1, 0.15) is 31.1 Å². The Bertz CT molecular complexity index is 1060. The third-order valence-corrected chi connectivity index (χ3v) is 5.75. The van der Waals surface area contributed by atoms with Crippen molar-refractivity contribution in [2.75, 3.05) is 12.4 Å². The lowest BCUT2D eigenvalue weighted by Crippen LogP contribution is -2.19. The first-order valence-electron chi connectivity index (χ1n) is 9.02. The van der Waals surface area contributed by atoms with Gasteiger partial charge in [0.15, 0.2) is 5.82 Å². The third-order valence-electron chi connectivity index (χ3n) is 4.34. The number of hydrogen-bond donors (Lipinski definition) is 2. The highest BCUT2D eigenvalue weighted by Gasteiger charge is 2.15. The molecule has 1 aromatic carbocycles. The van der Waals surface area contributed by atoms with E-state index in [0.29, 0.717) is 17.3 Å². The summed E-state index contributed by atoms with van der Waals surface area (Å²) in [6.07, 6.45) is 2.47. The predicted octanol–water partition coefficient (Wildman–Crippen LogP) is 3.18. The number of nitrogens with one attached hydrogen (secondary N) is 2. The van der Waals surface area contributed by atoms with Crippen LogP contribution in [0.2, 0.25) is 0 Å². The number of anilines is 1. The molecule has 3 rings (SSSR count). The van der Waals surface area contributed by atoms with Gasteiger partial charge in [-0.3, -0.25) is 4.98 Å². The summed E-state index contributed by atoms with van der Waals surface area (Å²) in [5.41, 5.74) is 2.44. The molecule has 0 radical (unpaired) electrons. The van der Waals surface area contributed by atoms with Gasteiger partial charge in [0.1, 0.15) is 11.5 Å². The van der Waals surface area contributed by atoms with Crippen molar-refractivity contribution in [3.05, 3.63) is 66.0 Å². The summed E-state index contributed by atoms with van der Waals surface area (Å²) < 4.78 is 26.5. The van der Waals surface area contributed by atoms with Crippen molar-refractivity contribution in [1.29, 1.82) is 0 Å². The van der Waals surface area contributed by atoms with Crippen LogP contribution in [0, 0.1) is 0 Å². The van der Waals surface area contributed by atoms with Gasteiger partial charge >= 0.3 is 0 Å². The second kappa shape index (κ2) is 8.45. The van der Waals surface area contributed by atoms with Crippen LogP contribution in [0.3, 0.4) is 0 Å². The summed E-state index contributed by atoms with van der Waals surface area (Å²) in [6.45, 7) is 3.99. The molecule has 0 fully saturated rings. The molecule has 7 nitrogen and oxygen atoms in total. The molecule has 3 aromatic rings. The molecule has 28 heavy (non-hydrogen) atoms. The van der Waals surface area contributed by atoms with Gasteiger partial charge in [-0.2, -0.15) is 0 Å². The van der Waals surface area contributed by atoms with Crippen LogP contribution in [0.4, 0.5) is 5.82 Å². The minimum Gasteiger partial charge on any atom is -0.363 e. The summed E-state index contributed by atoms with van der Waals surface area (Å²) in [6, 6.07) is 14.2. The van der Waals surface area contributed by atoms with Crippen molar-refractivity contribution in [2.24, 2.45) is 0 Å². The molecule has 0 saturated heterocycles. The van der Waals surface area contributed by atoms with Crippen molar-refractivity contribution in [3.63, 3.8) is 0 Å². The van der Waals surface area contributed by atoms with Crippen molar-refractivity contribution >= 4 is 15.8 Å². The number of pyridine rings is 1. The molecule has 146 valence electrons. The molecule has 0 aliphatic rings. The van der Waals surface area contributed by atoms with Crippen LogP contribution < -0.4 is 10.0 Å². The van der Waals surface area contributed by atoms with E-state index < -0.39 is 10.0 Å². The smallest absolute Gasteiger partial charge is 0.240 e. The van der Waals surface area contributed by atoms with E-state index in [0.717, 1.165) is 17.7 Å². The lowest BCUT2D eigenvalue weighted by molar-refractivity contribution is 0.588. The molecule has 2 aromatic heterocycles. The molecule has 0 aliphatic carbocycles. The predicted molar refractivity (Wildman–Crippen MR) is 109 cm³/mol. The van der Waals surface area contributed by atoms with Gasteiger partial charge in [0, 0.05) is 24.0 Å². The van der Waals surface area contributed by atoms with E-state index in [4.69, 9.17) is 0 Å². The quantitative estimate of drug-likeness (QED) is 0.636. The van der Waals surface area contributed by atoms with Gasteiger partial charge in [-0.15, -0.1) is 0 Å². The fourth-order valence-electron chi connectivity index (χ4n) is 2.74. The zero-order valence-corrected chi connectivity index (χ0v) is 16.9. The van der Waals surface area contributed by atoms with E-state index in [1.54, 1.807) is 24.4 Å². The second-order valence-corrected chi connectivity index (χ2v) is 8.17. The standard InChI is InChI=1S/C20H23N5O2S/c1-4-16-13-19(25-20(24-16)18-10-5-6-11-22-18)23-14(2)15-8-7-9-17(12-15)28(26,27)21-3/h5-14,21H,4H2,1-3H3,(H,23,24,25). The molecule has 2 heterocycles. The zero-order valence-electron chi connectivity index (χ0n) is 16.0. The molecule has 0 spiro atoms. The van der Waals surface area contributed by atoms with E-state index in [-0.39, 0.29) is 10.9 Å². The lowest BCUT2D eigenvalue weighted by Gasteiger charge is -2.17. The number of benzene rings is 1. The number of aryl methyl sites for hydroxylation is 1. The van der Waals surface area contributed by atoms with Crippen molar-refractivity contribution < 1.29 is 8.42 Å². The van der Waals surface area contributed by atoms with E-state index >= 15 is 0 Å². The Hall–Kier alpha value is -2.84. The number of hydrogen-bond acceptors (Lipinski definition) is 6. The third kappa shape index (κ3) is 4.52. The highest BCUT2D eigenvalue weighted by atomic mass is 32.2. The number of nitrogens with zero attached hydrogens (tertiary/aromatic N) is 3. The maximum Gasteiger partial charge on any atom is 0.240 e.